The fourth-order valence-electron chi connectivity index (χ4n) is 2.30. The van der Waals surface area contributed by atoms with E-state index in [1.165, 1.54) is 12.8 Å². The van der Waals surface area contributed by atoms with Crippen LogP contribution in [0.25, 0.3) is 0 Å². The van der Waals surface area contributed by atoms with Gasteiger partial charge in [0.25, 0.3) is 0 Å². The Morgan fingerprint density at radius 3 is 2.55 bits per heavy atom. The Kier molecular flexibility index (Phi) is 6.66. The highest BCUT2D eigenvalue weighted by Gasteiger charge is 2.24. The number of nitrogens with zero attached hydrogens (tertiary/aromatic N) is 3. The van der Waals surface area contributed by atoms with Crippen molar-refractivity contribution in [2.75, 3.05) is 6.54 Å². The first-order valence-corrected chi connectivity index (χ1v) is 7.98. The molecule has 116 valence electrons. The van der Waals surface area contributed by atoms with E-state index in [-0.39, 0.29) is 0 Å². The Labute approximate surface area is 124 Å². The first kappa shape index (κ1) is 17.2. The largest absolute Gasteiger partial charge is 0.314 e. The van der Waals surface area contributed by atoms with Crippen LogP contribution in [0.1, 0.15) is 60.2 Å². The lowest BCUT2D eigenvalue weighted by atomic mass is 9.78. The lowest BCUT2D eigenvalue weighted by molar-refractivity contribution is 0.220. The minimum absolute atomic E-state index is 0.352. The summed E-state index contributed by atoms with van der Waals surface area (Å²) in [5.41, 5.74) is 0.352. The first-order valence-electron chi connectivity index (χ1n) is 7.98. The van der Waals surface area contributed by atoms with Crippen LogP contribution in [0, 0.1) is 11.3 Å². The fourth-order valence-corrected chi connectivity index (χ4v) is 2.30. The molecule has 0 spiro atoms. The Morgan fingerprint density at radius 1 is 1.30 bits per heavy atom. The van der Waals surface area contributed by atoms with E-state index in [4.69, 9.17) is 0 Å². The van der Waals surface area contributed by atoms with Gasteiger partial charge in [0.1, 0.15) is 12.2 Å². The Hall–Kier alpha value is -0.900. The quantitative estimate of drug-likeness (QED) is 0.794. The number of rotatable bonds is 8. The highest BCUT2D eigenvalue weighted by Crippen LogP contribution is 2.29. The molecule has 4 nitrogen and oxygen atoms in total. The molecule has 0 amide bonds. The molecule has 2 atom stereocenters. The van der Waals surface area contributed by atoms with Crippen molar-refractivity contribution in [2.24, 2.45) is 11.3 Å². The maximum Gasteiger partial charge on any atom is 0.138 e. The van der Waals surface area contributed by atoms with Gasteiger partial charge in [0.05, 0.1) is 0 Å². The lowest BCUT2D eigenvalue weighted by Gasteiger charge is -2.31. The molecule has 0 bridgehead atoms. The molecule has 1 rings (SSSR count). The predicted octanol–water partition coefficient (Wildman–Crippen LogP) is 3.28. The van der Waals surface area contributed by atoms with Crippen molar-refractivity contribution in [2.45, 2.75) is 73.4 Å². The van der Waals surface area contributed by atoms with Crippen molar-refractivity contribution in [3.8, 4) is 0 Å². The second kappa shape index (κ2) is 7.77. The topological polar surface area (TPSA) is 42.7 Å². The van der Waals surface area contributed by atoms with Gasteiger partial charge in [-0.15, -0.1) is 0 Å². The first-order chi connectivity index (χ1) is 9.38. The maximum absolute atomic E-state index is 4.42. The Bertz CT molecular complexity index is 378. The van der Waals surface area contributed by atoms with Gasteiger partial charge in [0, 0.05) is 19.0 Å². The number of aryl methyl sites for hydroxylation is 1. The van der Waals surface area contributed by atoms with Crippen LogP contribution in [0.15, 0.2) is 6.33 Å². The maximum atomic E-state index is 4.42. The molecule has 0 aromatic carbocycles. The molecule has 0 saturated heterocycles. The van der Waals surface area contributed by atoms with E-state index in [2.05, 4.69) is 56.9 Å². The molecule has 1 aromatic heterocycles. The minimum atomic E-state index is 0.352. The van der Waals surface area contributed by atoms with Crippen LogP contribution in [-0.2, 0) is 13.0 Å². The molecule has 1 heterocycles. The van der Waals surface area contributed by atoms with Gasteiger partial charge >= 0.3 is 0 Å². The molecule has 2 unspecified atom stereocenters. The molecule has 0 fully saturated rings. The number of nitrogens with one attached hydrogen (secondary N) is 1. The molecular formula is C16H32N4. The van der Waals surface area contributed by atoms with E-state index in [9.17, 15) is 0 Å². The molecule has 0 aliphatic rings. The van der Waals surface area contributed by atoms with Gasteiger partial charge in [-0.3, -0.25) is 4.68 Å². The summed E-state index contributed by atoms with van der Waals surface area (Å²) < 4.78 is 2.00. The monoisotopic (exact) mass is 280 g/mol. The standard InChI is InChI=1S/C16H32N4/c1-7-9-17-14(10-13(3)16(4,5)6)11-15-18-12-19-20(15)8-2/h12-14,17H,7-11H2,1-6H3. The van der Waals surface area contributed by atoms with E-state index in [1.54, 1.807) is 6.33 Å². The molecule has 0 saturated carbocycles. The van der Waals surface area contributed by atoms with Gasteiger partial charge in [0.2, 0.25) is 0 Å². The van der Waals surface area contributed by atoms with E-state index >= 15 is 0 Å². The van der Waals surface area contributed by atoms with Crippen LogP contribution in [0.2, 0.25) is 0 Å². The smallest absolute Gasteiger partial charge is 0.138 e. The van der Waals surface area contributed by atoms with Crippen molar-refractivity contribution in [3.63, 3.8) is 0 Å². The van der Waals surface area contributed by atoms with E-state index in [0.29, 0.717) is 17.4 Å². The zero-order valence-electron chi connectivity index (χ0n) is 14.1. The van der Waals surface area contributed by atoms with Gasteiger partial charge < -0.3 is 5.32 Å². The van der Waals surface area contributed by atoms with Crippen LogP contribution in [-0.4, -0.2) is 27.4 Å². The van der Waals surface area contributed by atoms with E-state index in [0.717, 1.165) is 25.3 Å². The molecular weight excluding hydrogens is 248 g/mol. The van der Waals surface area contributed by atoms with E-state index in [1.807, 2.05) is 4.68 Å². The van der Waals surface area contributed by atoms with Crippen molar-refractivity contribution in [1.82, 2.24) is 20.1 Å². The third kappa shape index (κ3) is 5.23. The third-order valence-corrected chi connectivity index (χ3v) is 4.22. The van der Waals surface area contributed by atoms with Crippen LogP contribution < -0.4 is 5.32 Å². The molecule has 0 radical (unpaired) electrons. The van der Waals surface area contributed by atoms with Crippen LogP contribution in [0.5, 0.6) is 0 Å². The van der Waals surface area contributed by atoms with E-state index < -0.39 is 0 Å². The average Bonchev–Trinajstić information content (AvgIpc) is 2.81. The van der Waals surface area contributed by atoms with Crippen LogP contribution in [0.4, 0.5) is 0 Å². The lowest BCUT2D eigenvalue weighted by Crippen LogP contribution is -2.36. The molecule has 0 aliphatic heterocycles. The van der Waals surface area contributed by atoms with Crippen LogP contribution in [0.3, 0.4) is 0 Å². The molecule has 1 N–H and O–H groups in total. The van der Waals surface area contributed by atoms with Crippen molar-refractivity contribution in [3.05, 3.63) is 12.2 Å². The molecule has 20 heavy (non-hydrogen) atoms. The zero-order chi connectivity index (χ0) is 15.2. The Morgan fingerprint density at radius 2 is 2.00 bits per heavy atom. The number of hydrogen-bond donors (Lipinski definition) is 1. The number of aromatic nitrogens is 3. The second-order valence-electron chi connectivity index (χ2n) is 6.85. The Balaban J connectivity index is 2.69. The van der Waals surface area contributed by atoms with Crippen LogP contribution >= 0.6 is 0 Å². The fraction of sp³-hybridized carbons (Fsp3) is 0.875. The summed E-state index contributed by atoms with van der Waals surface area (Å²) in [5.74, 6) is 1.78. The highest BCUT2D eigenvalue weighted by atomic mass is 15.3. The highest BCUT2D eigenvalue weighted by molar-refractivity contribution is 4.91. The van der Waals surface area contributed by atoms with Gasteiger partial charge in [0.15, 0.2) is 0 Å². The van der Waals surface area contributed by atoms with Crippen molar-refractivity contribution in [1.29, 1.82) is 0 Å². The summed E-state index contributed by atoms with van der Waals surface area (Å²) in [6.07, 6.45) is 4.98. The SMILES string of the molecule is CCCNC(Cc1ncnn1CC)CC(C)C(C)(C)C. The zero-order valence-corrected chi connectivity index (χ0v) is 14.1. The normalized spacial score (nSPS) is 15.3. The molecule has 1 aromatic rings. The third-order valence-electron chi connectivity index (χ3n) is 4.22. The number of hydrogen-bond acceptors (Lipinski definition) is 3. The van der Waals surface area contributed by atoms with Crippen molar-refractivity contribution >= 4 is 0 Å². The van der Waals surface area contributed by atoms with Gasteiger partial charge in [-0.2, -0.15) is 5.10 Å². The summed E-state index contributed by atoms with van der Waals surface area (Å²) in [7, 11) is 0. The second-order valence-corrected chi connectivity index (χ2v) is 6.85. The van der Waals surface area contributed by atoms with Gasteiger partial charge in [-0.25, -0.2) is 4.98 Å². The molecule has 0 aliphatic carbocycles. The summed E-state index contributed by atoms with van der Waals surface area (Å²) in [5, 5.41) is 7.95. The summed E-state index contributed by atoms with van der Waals surface area (Å²) >= 11 is 0. The average molecular weight is 280 g/mol. The molecule has 4 heteroatoms. The summed E-state index contributed by atoms with van der Waals surface area (Å²) in [4.78, 5) is 4.42. The van der Waals surface area contributed by atoms with Crippen molar-refractivity contribution < 1.29 is 0 Å². The van der Waals surface area contributed by atoms with Gasteiger partial charge in [-0.1, -0.05) is 34.6 Å². The summed E-state index contributed by atoms with van der Waals surface area (Å²) in [6, 6.07) is 0.485. The minimum Gasteiger partial charge on any atom is -0.314 e. The van der Waals surface area contributed by atoms with Gasteiger partial charge in [-0.05, 0) is 37.6 Å². The summed E-state index contributed by atoms with van der Waals surface area (Å²) in [6.45, 7) is 15.6. The predicted molar refractivity (Wildman–Crippen MR) is 84.7 cm³/mol.